The van der Waals surface area contributed by atoms with Crippen molar-refractivity contribution in [3.63, 3.8) is 0 Å². The fourth-order valence-electron chi connectivity index (χ4n) is 2.82. The normalized spacial score (nSPS) is 22.4. The van der Waals surface area contributed by atoms with E-state index in [9.17, 15) is 0 Å². The average Bonchev–Trinajstić information content (AvgIpc) is 3.24. The van der Waals surface area contributed by atoms with Crippen molar-refractivity contribution >= 4 is 22.9 Å². The molecule has 0 aromatic carbocycles. The van der Waals surface area contributed by atoms with E-state index in [1.807, 2.05) is 0 Å². The summed E-state index contributed by atoms with van der Waals surface area (Å²) in [5.41, 5.74) is 1.27. The number of hydrogen-bond acceptors (Lipinski definition) is 8. The first-order valence-electron chi connectivity index (χ1n) is 7.67. The number of aromatic amines is 1. The lowest BCUT2D eigenvalue weighted by Gasteiger charge is -2.27. The summed E-state index contributed by atoms with van der Waals surface area (Å²) in [4.78, 5) is 11.2. The summed E-state index contributed by atoms with van der Waals surface area (Å²) in [6.45, 7) is 4.54. The summed E-state index contributed by atoms with van der Waals surface area (Å²) in [6, 6.07) is 0. The van der Waals surface area contributed by atoms with Gasteiger partial charge in [0.2, 0.25) is 11.6 Å². The van der Waals surface area contributed by atoms with E-state index >= 15 is 0 Å². The highest BCUT2D eigenvalue weighted by atomic mass is 16.5. The molecule has 2 N–H and O–H groups in total. The first-order valence-corrected chi connectivity index (χ1v) is 7.67. The average molecular weight is 305 g/mol. The molecule has 1 atom stereocenters. The van der Waals surface area contributed by atoms with Crippen molar-refractivity contribution in [2.75, 3.05) is 49.7 Å². The van der Waals surface area contributed by atoms with Gasteiger partial charge in [0.25, 0.3) is 0 Å². The number of rotatable bonds is 4. The van der Waals surface area contributed by atoms with Crippen molar-refractivity contribution in [2.45, 2.75) is 18.9 Å². The number of nitrogens with zero attached hydrogens (tertiary/aromatic N) is 5. The van der Waals surface area contributed by atoms with Gasteiger partial charge in [-0.3, -0.25) is 0 Å². The highest BCUT2D eigenvalue weighted by Gasteiger charge is 2.21. The Morgan fingerprint density at radius 3 is 2.91 bits per heavy atom. The van der Waals surface area contributed by atoms with Crippen LogP contribution in [-0.4, -0.2) is 70.9 Å². The highest BCUT2D eigenvalue weighted by Crippen LogP contribution is 2.23. The molecule has 2 aliphatic rings. The van der Waals surface area contributed by atoms with Crippen LogP contribution in [0.4, 0.5) is 11.8 Å². The molecule has 2 fully saturated rings. The summed E-state index contributed by atoms with van der Waals surface area (Å²) < 4.78 is 11.0. The Morgan fingerprint density at radius 1 is 1.18 bits per heavy atom. The maximum Gasteiger partial charge on any atom is 0.227 e. The number of H-pyrrole nitrogens is 1. The smallest absolute Gasteiger partial charge is 0.227 e. The van der Waals surface area contributed by atoms with Crippen molar-refractivity contribution in [1.82, 2.24) is 25.4 Å². The Labute approximate surface area is 127 Å². The van der Waals surface area contributed by atoms with Gasteiger partial charge in [0.15, 0.2) is 11.3 Å². The maximum atomic E-state index is 5.61. The van der Waals surface area contributed by atoms with Gasteiger partial charge in [0.1, 0.15) is 0 Å². The molecule has 2 aromatic rings. The van der Waals surface area contributed by atoms with Gasteiger partial charge in [-0.1, -0.05) is 0 Å². The molecule has 0 spiro atoms. The molecule has 4 heterocycles. The molecule has 4 rings (SSSR count). The number of aromatic nitrogens is 5. The van der Waals surface area contributed by atoms with Gasteiger partial charge in [-0.2, -0.15) is 20.3 Å². The summed E-state index contributed by atoms with van der Waals surface area (Å²) in [5, 5.41) is 14.2. The third kappa shape index (κ3) is 2.69. The largest absolute Gasteiger partial charge is 0.378 e. The Morgan fingerprint density at radius 2 is 2.09 bits per heavy atom. The van der Waals surface area contributed by atoms with Crippen molar-refractivity contribution in [1.29, 1.82) is 0 Å². The molecule has 2 saturated heterocycles. The molecular weight excluding hydrogens is 286 g/mol. The van der Waals surface area contributed by atoms with Gasteiger partial charge in [-0.15, -0.1) is 5.10 Å². The van der Waals surface area contributed by atoms with E-state index < -0.39 is 0 Å². The zero-order chi connectivity index (χ0) is 14.8. The van der Waals surface area contributed by atoms with Gasteiger partial charge in [0.05, 0.1) is 19.3 Å². The van der Waals surface area contributed by atoms with Crippen LogP contribution in [0.3, 0.4) is 0 Å². The fourth-order valence-corrected chi connectivity index (χ4v) is 2.82. The summed E-state index contributed by atoms with van der Waals surface area (Å²) >= 11 is 0. The molecule has 0 aliphatic carbocycles. The van der Waals surface area contributed by atoms with Crippen LogP contribution in [-0.2, 0) is 9.47 Å². The molecule has 0 radical (unpaired) electrons. The summed E-state index contributed by atoms with van der Waals surface area (Å²) in [7, 11) is 0. The SMILES string of the molecule is C1COC(CNc2nc(N3CCOCC3)c3n[nH]nc3n2)C1. The fraction of sp³-hybridized carbons (Fsp3) is 0.692. The lowest BCUT2D eigenvalue weighted by molar-refractivity contribution is 0.120. The van der Waals surface area contributed by atoms with Crippen LogP contribution < -0.4 is 10.2 Å². The van der Waals surface area contributed by atoms with Gasteiger partial charge in [-0.05, 0) is 12.8 Å². The topological polar surface area (TPSA) is 101 Å². The predicted molar refractivity (Wildman–Crippen MR) is 80.0 cm³/mol. The predicted octanol–water partition coefficient (Wildman–Crippen LogP) is 0.175. The first kappa shape index (κ1) is 13.6. The Balaban J connectivity index is 1.58. The van der Waals surface area contributed by atoms with E-state index in [4.69, 9.17) is 9.47 Å². The number of anilines is 2. The minimum atomic E-state index is 0.239. The zero-order valence-electron chi connectivity index (χ0n) is 12.3. The van der Waals surface area contributed by atoms with Crippen LogP contribution in [0.15, 0.2) is 0 Å². The lowest BCUT2D eigenvalue weighted by Crippen LogP contribution is -2.37. The van der Waals surface area contributed by atoms with Crippen LogP contribution in [0.25, 0.3) is 11.2 Å². The van der Waals surface area contributed by atoms with Crippen LogP contribution >= 0.6 is 0 Å². The molecule has 22 heavy (non-hydrogen) atoms. The van der Waals surface area contributed by atoms with E-state index in [0.717, 1.165) is 38.4 Å². The Bertz CT molecular complexity index is 634. The standard InChI is InChI=1S/C13H19N7O2/c1-2-9(22-5-1)8-14-13-15-11-10(17-19-18-11)12(16-13)20-3-6-21-7-4-20/h9H,1-8H2,(H2,14,15,16,17,18,19). The molecule has 0 saturated carbocycles. The number of fused-ring (bicyclic) bond motifs is 1. The Hall–Kier alpha value is -2.00. The van der Waals surface area contributed by atoms with E-state index in [2.05, 4.69) is 35.6 Å². The highest BCUT2D eigenvalue weighted by molar-refractivity contribution is 5.83. The molecular formula is C13H19N7O2. The maximum absolute atomic E-state index is 5.61. The second-order valence-corrected chi connectivity index (χ2v) is 5.48. The van der Waals surface area contributed by atoms with Gasteiger partial charge in [-0.25, -0.2) is 0 Å². The first-order chi connectivity index (χ1) is 10.9. The number of ether oxygens (including phenoxy) is 2. The molecule has 0 amide bonds. The monoisotopic (exact) mass is 305 g/mol. The summed E-state index contributed by atoms with van der Waals surface area (Å²) in [5.74, 6) is 1.37. The number of morpholine rings is 1. The molecule has 0 bridgehead atoms. The lowest BCUT2D eigenvalue weighted by atomic mass is 10.2. The van der Waals surface area contributed by atoms with E-state index in [1.54, 1.807) is 0 Å². The van der Waals surface area contributed by atoms with Crippen molar-refractivity contribution < 1.29 is 9.47 Å². The molecule has 9 heteroatoms. The van der Waals surface area contributed by atoms with Crippen LogP contribution in [0.5, 0.6) is 0 Å². The number of nitrogens with one attached hydrogen (secondary N) is 2. The zero-order valence-corrected chi connectivity index (χ0v) is 12.3. The molecule has 118 valence electrons. The molecule has 2 aliphatic heterocycles. The van der Waals surface area contributed by atoms with E-state index in [-0.39, 0.29) is 6.10 Å². The van der Waals surface area contributed by atoms with Gasteiger partial charge >= 0.3 is 0 Å². The van der Waals surface area contributed by atoms with Crippen LogP contribution in [0.1, 0.15) is 12.8 Å². The van der Waals surface area contributed by atoms with Crippen molar-refractivity contribution in [2.24, 2.45) is 0 Å². The second-order valence-electron chi connectivity index (χ2n) is 5.48. The number of hydrogen-bond donors (Lipinski definition) is 2. The quantitative estimate of drug-likeness (QED) is 0.824. The Kier molecular flexibility index (Phi) is 3.73. The van der Waals surface area contributed by atoms with Crippen LogP contribution in [0.2, 0.25) is 0 Å². The second kappa shape index (κ2) is 6.01. The van der Waals surface area contributed by atoms with Gasteiger partial charge < -0.3 is 19.7 Å². The molecule has 9 nitrogen and oxygen atoms in total. The third-order valence-corrected chi connectivity index (χ3v) is 3.99. The summed E-state index contributed by atoms with van der Waals surface area (Å²) in [6.07, 6.45) is 2.44. The van der Waals surface area contributed by atoms with E-state index in [1.165, 1.54) is 0 Å². The minimum absolute atomic E-state index is 0.239. The van der Waals surface area contributed by atoms with Crippen molar-refractivity contribution in [3.8, 4) is 0 Å². The van der Waals surface area contributed by atoms with Crippen LogP contribution in [0, 0.1) is 0 Å². The third-order valence-electron chi connectivity index (χ3n) is 3.99. The molecule has 2 aromatic heterocycles. The minimum Gasteiger partial charge on any atom is -0.378 e. The van der Waals surface area contributed by atoms with Gasteiger partial charge in [0, 0.05) is 26.2 Å². The van der Waals surface area contributed by atoms with Crippen molar-refractivity contribution in [3.05, 3.63) is 0 Å². The van der Waals surface area contributed by atoms with E-state index in [0.29, 0.717) is 36.9 Å². The molecule has 1 unspecified atom stereocenters.